The molecule has 0 aromatic heterocycles. The molecule has 1 aliphatic heterocycles. The third kappa shape index (κ3) is 5.46. The molecule has 2 atom stereocenters. The van der Waals surface area contributed by atoms with Crippen molar-refractivity contribution in [3.8, 4) is 17.2 Å². The molecule has 3 aromatic carbocycles. The van der Waals surface area contributed by atoms with Gasteiger partial charge in [0.15, 0.2) is 11.5 Å². The van der Waals surface area contributed by atoms with E-state index in [1.54, 1.807) is 45.6 Å². The maximum Gasteiger partial charge on any atom is 0.251 e. The number of carbonyl (C=O) groups is 1. The first kappa shape index (κ1) is 25.5. The molecule has 3 aromatic rings. The fourth-order valence-electron chi connectivity index (χ4n) is 4.90. The Morgan fingerprint density at radius 2 is 1.67 bits per heavy atom. The summed E-state index contributed by atoms with van der Waals surface area (Å²) in [6, 6.07) is 17.5. The summed E-state index contributed by atoms with van der Waals surface area (Å²) in [5.41, 5.74) is 3.86. The molecule has 4 rings (SSSR count). The summed E-state index contributed by atoms with van der Waals surface area (Å²) in [6.45, 7) is 3.50. The van der Waals surface area contributed by atoms with Gasteiger partial charge < -0.3 is 19.5 Å². The van der Waals surface area contributed by atoms with Crippen molar-refractivity contribution in [3.63, 3.8) is 0 Å². The summed E-state index contributed by atoms with van der Waals surface area (Å²) >= 11 is 0. The van der Waals surface area contributed by atoms with Crippen molar-refractivity contribution in [3.05, 3.63) is 88.7 Å². The van der Waals surface area contributed by atoms with Crippen LogP contribution in [-0.2, 0) is 13.0 Å². The van der Waals surface area contributed by atoms with Crippen LogP contribution in [0.25, 0.3) is 0 Å². The van der Waals surface area contributed by atoms with Gasteiger partial charge in [-0.3, -0.25) is 9.69 Å². The standard InChI is InChI=1S/C29H33FN2O4/c1-5-25(31-29(33)20-8-12-23(34-2)13-9-20)28-24-17-27(36-4)26(35-3)16-21(24)14-15-32(28)18-19-6-10-22(30)11-7-19/h6-13,16-17,25,28H,5,14-15,18H2,1-4H3,(H,31,33)/t25-,28-/m0/s1. The lowest BCUT2D eigenvalue weighted by atomic mass is 9.86. The monoisotopic (exact) mass is 492 g/mol. The van der Waals surface area contributed by atoms with E-state index in [4.69, 9.17) is 14.2 Å². The molecule has 36 heavy (non-hydrogen) atoms. The maximum atomic E-state index is 13.5. The molecule has 1 N–H and O–H groups in total. The fourth-order valence-corrected chi connectivity index (χ4v) is 4.90. The zero-order valence-corrected chi connectivity index (χ0v) is 21.2. The van der Waals surface area contributed by atoms with E-state index in [0.29, 0.717) is 29.4 Å². The Labute approximate surface area is 212 Å². The van der Waals surface area contributed by atoms with Crippen LogP contribution < -0.4 is 19.5 Å². The average molecular weight is 493 g/mol. The van der Waals surface area contributed by atoms with Crippen LogP contribution >= 0.6 is 0 Å². The number of amides is 1. The first-order chi connectivity index (χ1) is 17.5. The first-order valence-electron chi connectivity index (χ1n) is 12.2. The number of nitrogens with zero attached hydrogens (tertiary/aromatic N) is 1. The minimum Gasteiger partial charge on any atom is -0.497 e. The molecule has 7 heteroatoms. The van der Waals surface area contributed by atoms with Crippen LogP contribution in [0.5, 0.6) is 17.2 Å². The van der Waals surface area contributed by atoms with Gasteiger partial charge >= 0.3 is 0 Å². The highest BCUT2D eigenvalue weighted by molar-refractivity contribution is 5.94. The third-order valence-electron chi connectivity index (χ3n) is 6.81. The maximum absolute atomic E-state index is 13.5. The van der Waals surface area contributed by atoms with Crippen LogP contribution in [0, 0.1) is 5.82 Å². The van der Waals surface area contributed by atoms with E-state index in [-0.39, 0.29) is 23.8 Å². The van der Waals surface area contributed by atoms with Crippen LogP contribution in [0.2, 0.25) is 0 Å². The third-order valence-corrected chi connectivity index (χ3v) is 6.81. The minimum absolute atomic E-state index is 0.106. The lowest BCUT2D eigenvalue weighted by Gasteiger charge is -2.42. The van der Waals surface area contributed by atoms with E-state index in [1.165, 1.54) is 17.7 Å². The molecule has 1 amide bonds. The Morgan fingerprint density at radius 3 is 2.28 bits per heavy atom. The number of ether oxygens (including phenoxy) is 3. The van der Waals surface area contributed by atoms with Gasteiger partial charge in [0.05, 0.1) is 27.4 Å². The molecular formula is C29H33FN2O4. The predicted molar refractivity (Wildman–Crippen MR) is 137 cm³/mol. The predicted octanol–water partition coefficient (Wildman–Crippen LogP) is 5.16. The van der Waals surface area contributed by atoms with Gasteiger partial charge in [0.1, 0.15) is 11.6 Å². The second-order valence-corrected chi connectivity index (χ2v) is 8.91. The van der Waals surface area contributed by atoms with E-state index in [1.807, 2.05) is 24.3 Å². The molecule has 0 unspecified atom stereocenters. The number of rotatable bonds is 9. The van der Waals surface area contributed by atoms with Gasteiger partial charge in [-0.1, -0.05) is 19.1 Å². The molecule has 0 saturated carbocycles. The number of methoxy groups -OCH3 is 3. The molecule has 6 nitrogen and oxygen atoms in total. The highest BCUT2D eigenvalue weighted by Crippen LogP contribution is 2.40. The van der Waals surface area contributed by atoms with Crippen molar-refractivity contribution < 1.29 is 23.4 Å². The molecule has 0 aliphatic carbocycles. The van der Waals surface area contributed by atoms with E-state index in [0.717, 1.165) is 30.5 Å². The van der Waals surface area contributed by atoms with Crippen molar-refractivity contribution in [2.45, 2.75) is 38.4 Å². The van der Waals surface area contributed by atoms with Crippen molar-refractivity contribution in [1.82, 2.24) is 10.2 Å². The summed E-state index contributed by atoms with van der Waals surface area (Å²) in [7, 11) is 4.86. The van der Waals surface area contributed by atoms with Gasteiger partial charge in [-0.2, -0.15) is 0 Å². The summed E-state index contributed by atoms with van der Waals surface area (Å²) in [4.78, 5) is 15.6. The van der Waals surface area contributed by atoms with E-state index in [2.05, 4.69) is 17.1 Å². The number of nitrogens with one attached hydrogen (secondary N) is 1. The molecule has 0 saturated heterocycles. The van der Waals surface area contributed by atoms with Gasteiger partial charge in [-0.05, 0) is 78.1 Å². The van der Waals surface area contributed by atoms with E-state index >= 15 is 0 Å². The molecule has 190 valence electrons. The quantitative estimate of drug-likeness (QED) is 0.447. The Balaban J connectivity index is 1.69. The van der Waals surface area contributed by atoms with Crippen molar-refractivity contribution in [2.24, 2.45) is 0 Å². The normalized spacial score (nSPS) is 16.1. The van der Waals surface area contributed by atoms with E-state index < -0.39 is 0 Å². The minimum atomic E-state index is -0.255. The Morgan fingerprint density at radius 1 is 1.00 bits per heavy atom. The summed E-state index contributed by atoms with van der Waals surface area (Å²) < 4.78 is 29.9. The number of carbonyl (C=O) groups excluding carboxylic acids is 1. The van der Waals surface area contributed by atoms with Crippen molar-refractivity contribution in [1.29, 1.82) is 0 Å². The van der Waals surface area contributed by atoms with Crippen LogP contribution in [0.3, 0.4) is 0 Å². The van der Waals surface area contributed by atoms with Crippen LogP contribution in [0.1, 0.15) is 46.4 Å². The van der Waals surface area contributed by atoms with Gasteiger partial charge in [0.2, 0.25) is 0 Å². The average Bonchev–Trinajstić information content (AvgIpc) is 2.92. The van der Waals surface area contributed by atoms with Crippen molar-refractivity contribution >= 4 is 5.91 Å². The molecular weight excluding hydrogens is 459 g/mol. The van der Waals surface area contributed by atoms with Gasteiger partial charge in [0, 0.05) is 24.7 Å². The number of fused-ring (bicyclic) bond motifs is 1. The summed E-state index contributed by atoms with van der Waals surface area (Å²) in [6.07, 6.45) is 1.55. The number of hydrogen-bond donors (Lipinski definition) is 1. The zero-order chi connectivity index (χ0) is 25.7. The SMILES string of the molecule is CC[C@H](NC(=O)c1ccc(OC)cc1)[C@@H]1c2cc(OC)c(OC)cc2CCN1Cc1ccc(F)cc1. The van der Waals surface area contributed by atoms with Crippen LogP contribution in [0.4, 0.5) is 4.39 Å². The van der Waals surface area contributed by atoms with Crippen LogP contribution in [0.15, 0.2) is 60.7 Å². The highest BCUT2D eigenvalue weighted by Gasteiger charge is 2.35. The Hall–Kier alpha value is -3.58. The molecule has 1 heterocycles. The molecule has 0 bridgehead atoms. The second kappa shape index (κ2) is 11.4. The fraction of sp³-hybridized carbons (Fsp3) is 0.345. The lowest BCUT2D eigenvalue weighted by Crippen LogP contribution is -2.48. The van der Waals surface area contributed by atoms with Crippen LogP contribution in [-0.4, -0.2) is 44.7 Å². The second-order valence-electron chi connectivity index (χ2n) is 8.91. The van der Waals surface area contributed by atoms with Crippen molar-refractivity contribution in [2.75, 3.05) is 27.9 Å². The zero-order valence-electron chi connectivity index (χ0n) is 21.2. The van der Waals surface area contributed by atoms with Gasteiger partial charge in [-0.15, -0.1) is 0 Å². The summed E-state index contributed by atoms with van der Waals surface area (Å²) in [5.74, 6) is 1.65. The molecule has 1 aliphatic rings. The lowest BCUT2D eigenvalue weighted by molar-refractivity contribution is 0.0859. The number of halogens is 1. The summed E-state index contributed by atoms with van der Waals surface area (Å²) in [5, 5.41) is 3.27. The highest BCUT2D eigenvalue weighted by atomic mass is 19.1. The largest absolute Gasteiger partial charge is 0.497 e. The molecule has 0 spiro atoms. The molecule has 0 fully saturated rings. The smallest absolute Gasteiger partial charge is 0.251 e. The number of hydrogen-bond acceptors (Lipinski definition) is 5. The Kier molecular flexibility index (Phi) is 8.10. The van der Waals surface area contributed by atoms with Gasteiger partial charge in [-0.25, -0.2) is 4.39 Å². The number of benzene rings is 3. The Bertz CT molecular complexity index is 1180. The van der Waals surface area contributed by atoms with Gasteiger partial charge in [0.25, 0.3) is 5.91 Å². The molecule has 0 radical (unpaired) electrons. The first-order valence-corrected chi connectivity index (χ1v) is 12.2. The topological polar surface area (TPSA) is 60.0 Å². The van der Waals surface area contributed by atoms with E-state index in [9.17, 15) is 9.18 Å².